The van der Waals surface area contributed by atoms with Crippen molar-refractivity contribution in [1.29, 1.82) is 0 Å². The van der Waals surface area contributed by atoms with E-state index in [1.807, 2.05) is 24.3 Å². The molecule has 0 bridgehead atoms. The lowest BCUT2D eigenvalue weighted by atomic mass is 10.0. The number of hydrogen-bond acceptors (Lipinski definition) is 2. The zero-order valence-corrected chi connectivity index (χ0v) is 15.7. The topological polar surface area (TPSA) is 18.5 Å². The van der Waals surface area contributed by atoms with Crippen molar-refractivity contribution in [1.82, 2.24) is 0 Å². The van der Waals surface area contributed by atoms with Gasteiger partial charge in [-0.2, -0.15) is 0 Å². The standard InChI is InChI=1S/C17H15Br2ClO2/c18-13-8-12(17(20)16(19)9-13)7-11-1-3-14(4-2-11)22-15-5-6-21-10-15/h1-4,8-9,15H,5-7,10H2/t15-/m0/s1. The van der Waals surface area contributed by atoms with E-state index >= 15 is 0 Å². The van der Waals surface area contributed by atoms with E-state index in [1.54, 1.807) is 0 Å². The van der Waals surface area contributed by atoms with Gasteiger partial charge in [-0.1, -0.05) is 39.7 Å². The normalized spacial score (nSPS) is 17.7. The predicted octanol–water partition coefficient (Wildman–Crippen LogP) is 5.62. The Labute approximate surface area is 152 Å². The molecule has 0 aliphatic carbocycles. The Kier molecular flexibility index (Phi) is 5.45. The highest BCUT2D eigenvalue weighted by Gasteiger charge is 2.17. The molecule has 116 valence electrons. The lowest BCUT2D eigenvalue weighted by Crippen LogP contribution is -2.15. The fourth-order valence-electron chi connectivity index (χ4n) is 2.44. The van der Waals surface area contributed by atoms with Gasteiger partial charge in [0, 0.05) is 15.4 Å². The van der Waals surface area contributed by atoms with E-state index in [0.29, 0.717) is 6.61 Å². The molecule has 0 radical (unpaired) electrons. The van der Waals surface area contributed by atoms with Crippen molar-refractivity contribution >= 4 is 43.5 Å². The lowest BCUT2D eigenvalue weighted by molar-refractivity contribution is 0.141. The molecule has 0 spiro atoms. The summed E-state index contributed by atoms with van der Waals surface area (Å²) in [5.41, 5.74) is 2.28. The first-order valence-corrected chi connectivity index (χ1v) is 9.05. The average molecular weight is 447 g/mol. The highest BCUT2D eigenvalue weighted by Crippen LogP contribution is 2.32. The van der Waals surface area contributed by atoms with Crippen LogP contribution in [0, 0.1) is 0 Å². The summed E-state index contributed by atoms with van der Waals surface area (Å²) >= 11 is 13.3. The van der Waals surface area contributed by atoms with E-state index in [1.165, 1.54) is 5.56 Å². The Bertz CT molecular complexity index is 652. The van der Waals surface area contributed by atoms with Crippen molar-refractivity contribution < 1.29 is 9.47 Å². The monoisotopic (exact) mass is 444 g/mol. The number of halogens is 3. The van der Waals surface area contributed by atoms with E-state index in [-0.39, 0.29) is 6.10 Å². The van der Waals surface area contributed by atoms with Crippen LogP contribution in [0.2, 0.25) is 5.02 Å². The van der Waals surface area contributed by atoms with Crippen LogP contribution in [0.3, 0.4) is 0 Å². The van der Waals surface area contributed by atoms with Crippen molar-refractivity contribution in [3.05, 3.63) is 61.5 Å². The SMILES string of the molecule is Clc1c(Br)cc(Br)cc1Cc1ccc(O[C@H]2CCOC2)cc1. The van der Waals surface area contributed by atoms with Crippen LogP contribution in [0.15, 0.2) is 45.3 Å². The van der Waals surface area contributed by atoms with Gasteiger partial charge in [0.15, 0.2) is 0 Å². The van der Waals surface area contributed by atoms with Gasteiger partial charge in [-0.15, -0.1) is 0 Å². The Hall–Kier alpha value is -0.550. The van der Waals surface area contributed by atoms with Crippen LogP contribution in [-0.2, 0) is 11.2 Å². The first kappa shape index (κ1) is 16.3. The number of hydrogen-bond donors (Lipinski definition) is 0. The molecule has 2 aromatic carbocycles. The van der Waals surface area contributed by atoms with Crippen LogP contribution in [0.5, 0.6) is 5.75 Å². The molecule has 0 aromatic heterocycles. The fourth-order valence-corrected chi connectivity index (χ4v) is 3.93. The van der Waals surface area contributed by atoms with Gasteiger partial charge >= 0.3 is 0 Å². The molecule has 5 heteroatoms. The maximum atomic E-state index is 6.35. The molecule has 3 rings (SSSR count). The molecular formula is C17H15Br2ClO2. The summed E-state index contributed by atoms with van der Waals surface area (Å²) in [6.45, 7) is 1.47. The Morgan fingerprint density at radius 3 is 2.64 bits per heavy atom. The van der Waals surface area contributed by atoms with Gasteiger partial charge in [-0.25, -0.2) is 0 Å². The number of benzene rings is 2. The molecule has 1 fully saturated rings. The van der Waals surface area contributed by atoms with Gasteiger partial charge in [0.1, 0.15) is 11.9 Å². The second-order valence-electron chi connectivity index (χ2n) is 5.28. The summed E-state index contributed by atoms with van der Waals surface area (Å²) in [6, 6.07) is 12.2. The summed E-state index contributed by atoms with van der Waals surface area (Å²) in [5, 5.41) is 0.756. The van der Waals surface area contributed by atoms with Crippen molar-refractivity contribution in [3.8, 4) is 5.75 Å². The molecule has 2 aromatic rings. The smallest absolute Gasteiger partial charge is 0.124 e. The van der Waals surface area contributed by atoms with E-state index in [0.717, 1.165) is 44.7 Å². The third kappa shape index (κ3) is 4.05. The molecular weight excluding hydrogens is 431 g/mol. The number of rotatable bonds is 4. The van der Waals surface area contributed by atoms with Crippen LogP contribution in [0.25, 0.3) is 0 Å². The van der Waals surface area contributed by atoms with Gasteiger partial charge in [-0.05, 0) is 57.7 Å². The molecule has 1 aliphatic rings. The highest BCUT2D eigenvalue weighted by atomic mass is 79.9. The minimum Gasteiger partial charge on any atom is -0.488 e. The van der Waals surface area contributed by atoms with Gasteiger partial charge in [0.25, 0.3) is 0 Å². The van der Waals surface area contributed by atoms with Gasteiger partial charge in [0.2, 0.25) is 0 Å². The molecule has 0 saturated carbocycles. The van der Waals surface area contributed by atoms with Crippen LogP contribution < -0.4 is 4.74 Å². The first-order valence-electron chi connectivity index (χ1n) is 7.08. The van der Waals surface area contributed by atoms with Crippen LogP contribution in [0.1, 0.15) is 17.5 Å². The minimum absolute atomic E-state index is 0.182. The third-order valence-electron chi connectivity index (χ3n) is 3.58. The van der Waals surface area contributed by atoms with E-state index in [9.17, 15) is 0 Å². The molecule has 1 atom stereocenters. The molecule has 0 amide bonds. The molecule has 1 aliphatic heterocycles. The van der Waals surface area contributed by atoms with E-state index < -0.39 is 0 Å². The Morgan fingerprint density at radius 1 is 1.18 bits per heavy atom. The average Bonchev–Trinajstić information content (AvgIpc) is 2.99. The van der Waals surface area contributed by atoms with Crippen molar-refractivity contribution in [2.75, 3.05) is 13.2 Å². The quantitative estimate of drug-likeness (QED) is 0.567. The zero-order valence-electron chi connectivity index (χ0n) is 11.8. The summed E-state index contributed by atoms with van der Waals surface area (Å²) in [6.07, 6.45) is 1.92. The highest BCUT2D eigenvalue weighted by molar-refractivity contribution is 9.11. The van der Waals surface area contributed by atoms with Crippen LogP contribution >= 0.6 is 43.5 Å². The molecule has 2 nitrogen and oxygen atoms in total. The second kappa shape index (κ2) is 7.35. The maximum Gasteiger partial charge on any atom is 0.124 e. The summed E-state index contributed by atoms with van der Waals surface area (Å²) in [4.78, 5) is 0. The summed E-state index contributed by atoms with van der Waals surface area (Å²) < 4.78 is 13.1. The second-order valence-corrected chi connectivity index (χ2v) is 7.43. The van der Waals surface area contributed by atoms with Crippen molar-refractivity contribution in [2.45, 2.75) is 18.9 Å². The fraction of sp³-hybridized carbons (Fsp3) is 0.294. The van der Waals surface area contributed by atoms with Gasteiger partial charge in [0.05, 0.1) is 18.2 Å². The summed E-state index contributed by atoms with van der Waals surface area (Å²) in [5.74, 6) is 0.890. The third-order valence-corrected chi connectivity index (χ3v) is 5.33. The molecule has 0 unspecified atom stereocenters. The van der Waals surface area contributed by atoms with E-state index in [4.69, 9.17) is 21.1 Å². The summed E-state index contributed by atoms with van der Waals surface area (Å²) in [7, 11) is 0. The van der Waals surface area contributed by atoms with Crippen molar-refractivity contribution in [2.24, 2.45) is 0 Å². The first-order chi connectivity index (χ1) is 10.6. The maximum absolute atomic E-state index is 6.35. The van der Waals surface area contributed by atoms with Crippen molar-refractivity contribution in [3.63, 3.8) is 0 Å². The Morgan fingerprint density at radius 2 is 1.95 bits per heavy atom. The molecule has 22 heavy (non-hydrogen) atoms. The molecule has 1 heterocycles. The number of ether oxygens (including phenoxy) is 2. The molecule has 0 N–H and O–H groups in total. The minimum atomic E-state index is 0.182. The largest absolute Gasteiger partial charge is 0.488 e. The van der Waals surface area contributed by atoms with Gasteiger partial charge in [-0.3, -0.25) is 0 Å². The lowest BCUT2D eigenvalue weighted by Gasteiger charge is -2.12. The molecule has 1 saturated heterocycles. The predicted molar refractivity (Wildman–Crippen MR) is 96.0 cm³/mol. The zero-order chi connectivity index (χ0) is 15.5. The van der Waals surface area contributed by atoms with Crippen LogP contribution in [-0.4, -0.2) is 19.3 Å². The van der Waals surface area contributed by atoms with E-state index in [2.05, 4.69) is 44.0 Å². The Balaban J connectivity index is 1.70. The van der Waals surface area contributed by atoms with Crippen LogP contribution in [0.4, 0.5) is 0 Å². The van der Waals surface area contributed by atoms with Gasteiger partial charge < -0.3 is 9.47 Å².